The molecule has 0 aromatic heterocycles. The van der Waals surface area contributed by atoms with Crippen molar-refractivity contribution in [3.05, 3.63) is 58.7 Å². The van der Waals surface area contributed by atoms with Crippen LogP contribution in [0.4, 0.5) is 4.79 Å². The third-order valence-corrected chi connectivity index (χ3v) is 4.85. The number of ether oxygens (including phenoxy) is 3. The van der Waals surface area contributed by atoms with Crippen molar-refractivity contribution in [3.8, 4) is 11.5 Å². The van der Waals surface area contributed by atoms with Gasteiger partial charge in [-0.15, -0.1) is 0 Å². The van der Waals surface area contributed by atoms with Crippen LogP contribution in [0.1, 0.15) is 22.3 Å². The molecule has 1 N–H and O–H groups in total. The standard InChI is InChI=1S/C21H26N2O4/c1-25-14-17-7-5-4-6-16(17)12-22-21(24)23-9-8-15-10-19(26-2)20(27-3)11-18(15)13-23/h4-7,10-11H,8-9,12-14H2,1-3H3,(H,22,24). The van der Waals surface area contributed by atoms with Crippen LogP contribution in [0.15, 0.2) is 36.4 Å². The molecule has 0 spiro atoms. The number of hydrogen-bond donors (Lipinski definition) is 1. The van der Waals surface area contributed by atoms with Crippen LogP contribution in [-0.4, -0.2) is 38.8 Å². The van der Waals surface area contributed by atoms with Gasteiger partial charge >= 0.3 is 6.03 Å². The van der Waals surface area contributed by atoms with Crippen molar-refractivity contribution >= 4 is 6.03 Å². The van der Waals surface area contributed by atoms with Gasteiger partial charge in [-0.2, -0.15) is 0 Å². The summed E-state index contributed by atoms with van der Waals surface area (Å²) in [4.78, 5) is 14.5. The normalized spacial score (nSPS) is 13.1. The first kappa shape index (κ1) is 19.0. The van der Waals surface area contributed by atoms with E-state index >= 15 is 0 Å². The van der Waals surface area contributed by atoms with E-state index < -0.39 is 0 Å². The average Bonchev–Trinajstić information content (AvgIpc) is 2.71. The topological polar surface area (TPSA) is 60.0 Å². The molecule has 0 radical (unpaired) electrons. The minimum Gasteiger partial charge on any atom is -0.493 e. The maximum Gasteiger partial charge on any atom is 0.317 e. The van der Waals surface area contributed by atoms with E-state index in [1.54, 1.807) is 21.3 Å². The van der Waals surface area contributed by atoms with Gasteiger partial charge in [-0.1, -0.05) is 24.3 Å². The van der Waals surface area contributed by atoms with Gasteiger partial charge in [0.1, 0.15) is 0 Å². The van der Waals surface area contributed by atoms with E-state index in [9.17, 15) is 4.79 Å². The average molecular weight is 370 g/mol. The van der Waals surface area contributed by atoms with Gasteiger partial charge in [0.15, 0.2) is 11.5 Å². The van der Waals surface area contributed by atoms with Crippen molar-refractivity contribution in [1.29, 1.82) is 0 Å². The van der Waals surface area contributed by atoms with Gasteiger partial charge in [0.25, 0.3) is 0 Å². The van der Waals surface area contributed by atoms with E-state index in [-0.39, 0.29) is 6.03 Å². The number of methoxy groups -OCH3 is 3. The predicted molar refractivity (Wildman–Crippen MR) is 103 cm³/mol. The van der Waals surface area contributed by atoms with Crippen molar-refractivity contribution in [1.82, 2.24) is 10.2 Å². The predicted octanol–water partition coefficient (Wildman–Crippen LogP) is 3.12. The van der Waals surface area contributed by atoms with E-state index in [1.807, 2.05) is 41.3 Å². The zero-order valence-corrected chi connectivity index (χ0v) is 16.1. The fraction of sp³-hybridized carbons (Fsp3) is 0.381. The SMILES string of the molecule is COCc1ccccc1CNC(=O)N1CCc2cc(OC)c(OC)cc2C1. The first-order valence-corrected chi connectivity index (χ1v) is 8.98. The maximum atomic E-state index is 12.7. The summed E-state index contributed by atoms with van der Waals surface area (Å²) < 4.78 is 16.0. The second-order valence-corrected chi connectivity index (χ2v) is 6.51. The third-order valence-electron chi connectivity index (χ3n) is 4.85. The smallest absolute Gasteiger partial charge is 0.317 e. The lowest BCUT2D eigenvalue weighted by Gasteiger charge is -2.29. The summed E-state index contributed by atoms with van der Waals surface area (Å²) in [6.07, 6.45) is 0.795. The van der Waals surface area contributed by atoms with Gasteiger partial charge in [-0.05, 0) is 40.8 Å². The third kappa shape index (κ3) is 4.34. The molecule has 0 fully saturated rings. The van der Waals surface area contributed by atoms with Crippen molar-refractivity contribution < 1.29 is 19.0 Å². The molecule has 0 saturated carbocycles. The number of carbonyl (C=O) groups is 1. The second-order valence-electron chi connectivity index (χ2n) is 6.51. The molecule has 3 rings (SSSR count). The Balaban J connectivity index is 1.66. The Kier molecular flexibility index (Phi) is 6.19. The summed E-state index contributed by atoms with van der Waals surface area (Å²) in [7, 11) is 4.92. The maximum absolute atomic E-state index is 12.7. The molecule has 6 heteroatoms. The summed E-state index contributed by atoms with van der Waals surface area (Å²) >= 11 is 0. The zero-order chi connectivity index (χ0) is 19.2. The van der Waals surface area contributed by atoms with E-state index in [0.29, 0.717) is 32.0 Å². The van der Waals surface area contributed by atoms with Crippen LogP contribution in [0, 0.1) is 0 Å². The molecule has 1 heterocycles. The van der Waals surface area contributed by atoms with Crippen LogP contribution in [0.3, 0.4) is 0 Å². The molecule has 0 bridgehead atoms. The van der Waals surface area contributed by atoms with Gasteiger partial charge in [0, 0.05) is 26.7 Å². The Morgan fingerprint density at radius 1 is 1.04 bits per heavy atom. The van der Waals surface area contributed by atoms with E-state index in [0.717, 1.165) is 28.9 Å². The van der Waals surface area contributed by atoms with Crippen LogP contribution in [0.5, 0.6) is 11.5 Å². The number of urea groups is 1. The van der Waals surface area contributed by atoms with E-state index in [2.05, 4.69) is 5.32 Å². The molecule has 27 heavy (non-hydrogen) atoms. The molecule has 2 amide bonds. The molecule has 0 unspecified atom stereocenters. The highest BCUT2D eigenvalue weighted by Crippen LogP contribution is 2.33. The highest BCUT2D eigenvalue weighted by molar-refractivity contribution is 5.74. The van der Waals surface area contributed by atoms with Crippen molar-refractivity contribution in [2.75, 3.05) is 27.9 Å². The fourth-order valence-corrected chi connectivity index (χ4v) is 3.37. The number of amides is 2. The van der Waals surface area contributed by atoms with Gasteiger partial charge in [-0.3, -0.25) is 0 Å². The number of nitrogens with zero attached hydrogens (tertiary/aromatic N) is 1. The first-order valence-electron chi connectivity index (χ1n) is 8.98. The zero-order valence-electron chi connectivity index (χ0n) is 16.1. The summed E-state index contributed by atoms with van der Waals surface area (Å²) in [5, 5.41) is 3.02. The van der Waals surface area contributed by atoms with E-state index in [1.165, 1.54) is 5.56 Å². The molecule has 1 aliphatic rings. The largest absolute Gasteiger partial charge is 0.493 e. The van der Waals surface area contributed by atoms with Gasteiger partial charge in [0.2, 0.25) is 0 Å². The summed E-state index contributed by atoms with van der Waals surface area (Å²) in [5.74, 6) is 1.41. The highest BCUT2D eigenvalue weighted by atomic mass is 16.5. The summed E-state index contributed by atoms with van der Waals surface area (Å²) in [6, 6.07) is 11.9. The van der Waals surface area contributed by atoms with Gasteiger partial charge in [-0.25, -0.2) is 4.79 Å². The molecular weight excluding hydrogens is 344 g/mol. The molecule has 144 valence electrons. The molecule has 0 atom stereocenters. The second kappa shape index (κ2) is 8.77. The Morgan fingerprint density at radius 3 is 2.37 bits per heavy atom. The minimum absolute atomic E-state index is 0.0670. The van der Waals surface area contributed by atoms with Gasteiger partial charge in [0.05, 0.1) is 20.8 Å². The lowest BCUT2D eigenvalue weighted by Crippen LogP contribution is -2.42. The Morgan fingerprint density at radius 2 is 1.70 bits per heavy atom. The van der Waals surface area contributed by atoms with Crippen molar-refractivity contribution in [2.45, 2.75) is 26.1 Å². The van der Waals surface area contributed by atoms with Gasteiger partial charge < -0.3 is 24.4 Å². The molecule has 0 aliphatic carbocycles. The van der Waals surface area contributed by atoms with Crippen LogP contribution >= 0.6 is 0 Å². The Bertz CT molecular complexity index is 807. The number of hydrogen-bond acceptors (Lipinski definition) is 4. The van der Waals surface area contributed by atoms with Crippen LogP contribution in [0.25, 0.3) is 0 Å². The number of benzene rings is 2. The Labute approximate surface area is 160 Å². The van der Waals surface area contributed by atoms with E-state index in [4.69, 9.17) is 14.2 Å². The van der Waals surface area contributed by atoms with Crippen molar-refractivity contribution in [3.63, 3.8) is 0 Å². The highest BCUT2D eigenvalue weighted by Gasteiger charge is 2.22. The number of carbonyl (C=O) groups excluding carboxylic acids is 1. The number of fused-ring (bicyclic) bond motifs is 1. The fourth-order valence-electron chi connectivity index (χ4n) is 3.37. The monoisotopic (exact) mass is 370 g/mol. The Hall–Kier alpha value is -2.73. The quantitative estimate of drug-likeness (QED) is 0.849. The first-order chi connectivity index (χ1) is 13.2. The lowest BCUT2D eigenvalue weighted by atomic mass is 9.99. The number of rotatable bonds is 6. The van der Waals surface area contributed by atoms with Crippen LogP contribution in [-0.2, 0) is 30.9 Å². The van der Waals surface area contributed by atoms with Crippen LogP contribution < -0.4 is 14.8 Å². The minimum atomic E-state index is -0.0670. The summed E-state index contributed by atoms with van der Waals surface area (Å²) in [6.45, 7) is 2.24. The molecule has 6 nitrogen and oxygen atoms in total. The summed E-state index contributed by atoms with van der Waals surface area (Å²) in [5.41, 5.74) is 4.44. The lowest BCUT2D eigenvalue weighted by molar-refractivity contribution is 0.183. The molecule has 0 saturated heterocycles. The van der Waals surface area contributed by atoms with Crippen LogP contribution in [0.2, 0.25) is 0 Å². The molecule has 2 aromatic rings. The van der Waals surface area contributed by atoms with Crippen molar-refractivity contribution in [2.24, 2.45) is 0 Å². The molecule has 2 aromatic carbocycles. The number of nitrogens with one attached hydrogen (secondary N) is 1. The molecular formula is C21H26N2O4. The molecule has 1 aliphatic heterocycles.